The predicted molar refractivity (Wildman–Crippen MR) is 111 cm³/mol. The first-order valence-electron chi connectivity index (χ1n) is 11.2. The van der Waals surface area contributed by atoms with Gasteiger partial charge in [0.15, 0.2) is 18.0 Å². The third-order valence-electron chi connectivity index (χ3n) is 6.60. The third kappa shape index (κ3) is 4.34. The summed E-state index contributed by atoms with van der Waals surface area (Å²) in [5.74, 6) is -2.33. The Balaban J connectivity index is 1.56. The standard InChI is InChI=1S/C23H28F3N3O3/c1-12(2)9-18-22(30)27-17(13-5-3-4-6-13)11-29(18)23(31)20-19(26)21(32-28-20)15-8-7-14(24)10-16(15)25/h7-8,10,12-13,17-19,21H,3-6,9,11H2,1-2H3,(H,27,30)/t17-,18+,19?,21?/m1/s1. The highest BCUT2D eigenvalue weighted by Gasteiger charge is 2.47. The second-order valence-electron chi connectivity index (χ2n) is 9.33. The first-order valence-corrected chi connectivity index (χ1v) is 11.2. The van der Waals surface area contributed by atoms with Crippen LogP contribution < -0.4 is 5.32 Å². The highest BCUT2D eigenvalue weighted by molar-refractivity contribution is 6.41. The average Bonchev–Trinajstić information content (AvgIpc) is 3.39. The minimum Gasteiger partial charge on any atom is -0.383 e. The number of halogens is 3. The molecule has 2 heterocycles. The van der Waals surface area contributed by atoms with Crippen LogP contribution in [0.25, 0.3) is 0 Å². The SMILES string of the molecule is CC(C)C[C@H]1C(=O)N[C@@H](C2CCCC2)CN1C(=O)C1=NOC(c2ccc(F)cc2F)C1F. The van der Waals surface area contributed by atoms with Gasteiger partial charge in [0.05, 0.1) is 0 Å². The van der Waals surface area contributed by atoms with Crippen LogP contribution in [0.1, 0.15) is 57.6 Å². The number of carbonyl (C=O) groups is 2. The molecule has 2 aliphatic heterocycles. The van der Waals surface area contributed by atoms with Crippen molar-refractivity contribution in [1.29, 1.82) is 0 Å². The lowest BCUT2D eigenvalue weighted by Crippen LogP contribution is -2.64. The van der Waals surface area contributed by atoms with Gasteiger partial charge in [0, 0.05) is 24.2 Å². The van der Waals surface area contributed by atoms with Gasteiger partial charge in [-0.05, 0) is 43.2 Å². The number of oxime groups is 1. The Hall–Kier alpha value is -2.58. The van der Waals surface area contributed by atoms with Crippen LogP contribution in [0, 0.1) is 23.5 Å². The van der Waals surface area contributed by atoms with Gasteiger partial charge in [-0.1, -0.05) is 31.8 Å². The summed E-state index contributed by atoms with van der Waals surface area (Å²) in [5, 5.41) is 6.70. The maximum atomic E-state index is 15.2. The quantitative estimate of drug-likeness (QED) is 0.743. The average molecular weight is 451 g/mol. The molecule has 1 N–H and O–H groups in total. The summed E-state index contributed by atoms with van der Waals surface area (Å²) in [7, 11) is 0. The van der Waals surface area contributed by atoms with Gasteiger partial charge in [-0.15, -0.1) is 0 Å². The molecule has 1 aromatic rings. The van der Waals surface area contributed by atoms with Gasteiger partial charge in [0.2, 0.25) is 5.91 Å². The number of piperazine rings is 1. The van der Waals surface area contributed by atoms with Crippen LogP contribution in [0.15, 0.2) is 23.4 Å². The Bertz CT molecular complexity index is 917. The number of nitrogens with one attached hydrogen (secondary N) is 1. The van der Waals surface area contributed by atoms with Crippen molar-refractivity contribution in [3.8, 4) is 0 Å². The lowest BCUT2D eigenvalue weighted by atomic mass is 9.91. The van der Waals surface area contributed by atoms with E-state index in [1.807, 2.05) is 13.8 Å². The van der Waals surface area contributed by atoms with Crippen molar-refractivity contribution in [3.63, 3.8) is 0 Å². The maximum absolute atomic E-state index is 15.2. The number of hydrogen-bond donors (Lipinski definition) is 1. The highest BCUT2D eigenvalue weighted by Crippen LogP contribution is 2.34. The van der Waals surface area contributed by atoms with Gasteiger partial charge in [0.25, 0.3) is 5.91 Å². The van der Waals surface area contributed by atoms with Crippen molar-refractivity contribution in [2.45, 2.75) is 70.3 Å². The fraction of sp³-hybridized carbons (Fsp3) is 0.609. The van der Waals surface area contributed by atoms with Gasteiger partial charge in [-0.3, -0.25) is 9.59 Å². The van der Waals surface area contributed by atoms with Crippen LogP contribution >= 0.6 is 0 Å². The van der Waals surface area contributed by atoms with E-state index >= 15 is 4.39 Å². The molecule has 6 nitrogen and oxygen atoms in total. The zero-order valence-corrected chi connectivity index (χ0v) is 18.2. The largest absolute Gasteiger partial charge is 0.383 e. The minimum atomic E-state index is -2.03. The molecule has 174 valence electrons. The molecule has 1 saturated carbocycles. The van der Waals surface area contributed by atoms with Crippen molar-refractivity contribution < 1.29 is 27.6 Å². The molecule has 1 aliphatic carbocycles. The van der Waals surface area contributed by atoms with Crippen molar-refractivity contribution >= 4 is 17.5 Å². The number of carbonyl (C=O) groups excluding carboxylic acids is 2. The van der Waals surface area contributed by atoms with E-state index in [9.17, 15) is 18.4 Å². The minimum absolute atomic E-state index is 0.132. The van der Waals surface area contributed by atoms with Gasteiger partial charge < -0.3 is 15.1 Å². The molecule has 3 aliphatic rings. The lowest BCUT2D eigenvalue weighted by molar-refractivity contribution is -0.142. The number of nitrogens with zero attached hydrogens (tertiary/aromatic N) is 2. The number of alkyl halides is 1. The molecule has 9 heteroatoms. The van der Waals surface area contributed by atoms with Crippen molar-refractivity contribution in [1.82, 2.24) is 10.2 Å². The summed E-state index contributed by atoms with van der Waals surface area (Å²) in [6, 6.07) is 1.77. The fourth-order valence-corrected chi connectivity index (χ4v) is 4.95. The molecule has 32 heavy (non-hydrogen) atoms. The maximum Gasteiger partial charge on any atom is 0.275 e. The molecule has 0 radical (unpaired) electrons. The number of amides is 2. The molecule has 0 bridgehead atoms. The van der Waals surface area contributed by atoms with E-state index in [4.69, 9.17) is 4.84 Å². The molecule has 2 unspecified atom stereocenters. The summed E-state index contributed by atoms with van der Waals surface area (Å²) >= 11 is 0. The molecule has 1 saturated heterocycles. The summed E-state index contributed by atoms with van der Waals surface area (Å²) in [6.45, 7) is 4.16. The first kappa shape index (κ1) is 22.6. The van der Waals surface area contributed by atoms with E-state index in [-0.39, 0.29) is 35.9 Å². The predicted octanol–water partition coefficient (Wildman–Crippen LogP) is 3.66. The molecule has 2 amide bonds. The molecule has 0 spiro atoms. The topological polar surface area (TPSA) is 71.0 Å². The second kappa shape index (κ2) is 9.11. The normalized spacial score (nSPS) is 28.6. The van der Waals surface area contributed by atoms with Crippen molar-refractivity contribution in [3.05, 3.63) is 35.4 Å². The van der Waals surface area contributed by atoms with Gasteiger partial charge in [0.1, 0.15) is 17.7 Å². The Labute approximate surface area is 185 Å². The lowest BCUT2D eigenvalue weighted by Gasteiger charge is -2.42. The van der Waals surface area contributed by atoms with E-state index in [1.165, 1.54) is 4.90 Å². The van der Waals surface area contributed by atoms with Crippen LogP contribution in [-0.2, 0) is 14.4 Å². The number of hydrogen-bond acceptors (Lipinski definition) is 4. The van der Waals surface area contributed by atoms with E-state index in [0.29, 0.717) is 12.5 Å². The summed E-state index contributed by atoms with van der Waals surface area (Å²) in [5.41, 5.74) is -0.711. The number of benzene rings is 1. The zero-order valence-electron chi connectivity index (χ0n) is 18.2. The molecule has 2 fully saturated rings. The Morgan fingerprint density at radius 3 is 2.66 bits per heavy atom. The summed E-state index contributed by atoms with van der Waals surface area (Å²) < 4.78 is 42.6. The van der Waals surface area contributed by atoms with Crippen molar-refractivity contribution in [2.75, 3.05) is 6.54 Å². The van der Waals surface area contributed by atoms with Crippen LogP contribution in [0.4, 0.5) is 13.2 Å². The molecular formula is C23H28F3N3O3. The van der Waals surface area contributed by atoms with Crippen LogP contribution in [0.3, 0.4) is 0 Å². The van der Waals surface area contributed by atoms with Gasteiger partial charge >= 0.3 is 0 Å². The van der Waals surface area contributed by atoms with Crippen LogP contribution in [-0.4, -0.2) is 47.2 Å². The summed E-state index contributed by atoms with van der Waals surface area (Å²) in [4.78, 5) is 32.8. The first-order chi connectivity index (χ1) is 15.3. The third-order valence-corrected chi connectivity index (χ3v) is 6.60. The Morgan fingerprint density at radius 1 is 1.28 bits per heavy atom. The molecular weight excluding hydrogens is 423 g/mol. The monoisotopic (exact) mass is 451 g/mol. The fourth-order valence-electron chi connectivity index (χ4n) is 4.95. The van der Waals surface area contributed by atoms with Crippen molar-refractivity contribution in [2.24, 2.45) is 17.0 Å². The molecule has 1 aromatic carbocycles. The van der Waals surface area contributed by atoms with E-state index in [0.717, 1.165) is 37.8 Å². The van der Waals surface area contributed by atoms with Gasteiger partial charge in [-0.25, -0.2) is 13.2 Å². The second-order valence-corrected chi connectivity index (χ2v) is 9.33. The summed E-state index contributed by atoms with van der Waals surface area (Å²) in [6.07, 6.45) is 1.03. The molecule has 0 aromatic heterocycles. The number of rotatable bonds is 5. The van der Waals surface area contributed by atoms with E-state index in [1.54, 1.807) is 0 Å². The van der Waals surface area contributed by atoms with Crippen LogP contribution in [0.2, 0.25) is 0 Å². The Kier molecular flexibility index (Phi) is 6.44. The molecule has 4 rings (SSSR count). The van der Waals surface area contributed by atoms with Gasteiger partial charge in [-0.2, -0.15) is 0 Å². The van der Waals surface area contributed by atoms with E-state index in [2.05, 4.69) is 10.5 Å². The molecule has 4 atom stereocenters. The highest BCUT2D eigenvalue weighted by atomic mass is 19.1. The van der Waals surface area contributed by atoms with E-state index < -0.39 is 41.6 Å². The zero-order chi connectivity index (χ0) is 23.0. The Morgan fingerprint density at radius 2 is 2.00 bits per heavy atom. The smallest absolute Gasteiger partial charge is 0.275 e. The van der Waals surface area contributed by atoms with Crippen LogP contribution in [0.5, 0.6) is 0 Å².